The minimum atomic E-state index is -1.68. The summed E-state index contributed by atoms with van der Waals surface area (Å²) in [5.74, 6) is -1.35. The Labute approximate surface area is 169 Å². The van der Waals surface area contributed by atoms with E-state index in [-0.39, 0.29) is 28.7 Å². The third-order valence-corrected chi connectivity index (χ3v) is 9.95. The van der Waals surface area contributed by atoms with Gasteiger partial charge in [-0.3, -0.25) is 4.79 Å². The molecule has 0 spiro atoms. The van der Waals surface area contributed by atoms with Crippen molar-refractivity contribution in [3.05, 3.63) is 0 Å². The predicted octanol–water partition coefficient (Wildman–Crippen LogP) is 3.66. The summed E-state index contributed by atoms with van der Waals surface area (Å²) in [5, 5.41) is 31.9. The molecule has 4 aliphatic carbocycles. The first-order valence-electron chi connectivity index (χ1n) is 11.5. The van der Waals surface area contributed by atoms with Crippen LogP contribution in [0.1, 0.15) is 90.9 Å². The molecule has 0 heterocycles. The number of aliphatic hydroxyl groups is 2. The summed E-state index contributed by atoms with van der Waals surface area (Å²) in [5.41, 5.74) is 6.36. The number of nitrogens with two attached hydrogens (primary N) is 1. The third kappa shape index (κ3) is 2.87. The SMILES string of the molecule is CC12CC(O)(O)C3C(CCC4(N)CCCCC34C)C1CCC2CCCC(=O)O. The van der Waals surface area contributed by atoms with E-state index in [1.165, 1.54) is 0 Å². The lowest BCUT2D eigenvalue weighted by Gasteiger charge is -2.67. The number of rotatable bonds is 4. The van der Waals surface area contributed by atoms with Gasteiger partial charge in [-0.2, -0.15) is 0 Å². The van der Waals surface area contributed by atoms with Gasteiger partial charge in [0, 0.05) is 24.3 Å². The van der Waals surface area contributed by atoms with E-state index in [2.05, 4.69) is 13.8 Å². The van der Waals surface area contributed by atoms with Crippen LogP contribution in [0.5, 0.6) is 0 Å². The van der Waals surface area contributed by atoms with Gasteiger partial charge in [0.25, 0.3) is 0 Å². The molecule has 0 saturated heterocycles. The van der Waals surface area contributed by atoms with Crippen molar-refractivity contribution in [1.29, 1.82) is 0 Å². The van der Waals surface area contributed by atoms with Gasteiger partial charge in [-0.1, -0.05) is 26.7 Å². The molecule has 160 valence electrons. The van der Waals surface area contributed by atoms with Gasteiger partial charge < -0.3 is 21.1 Å². The lowest BCUT2D eigenvalue weighted by atomic mass is 9.41. The number of carboxylic acids is 1. The first kappa shape index (κ1) is 20.6. The molecule has 0 aromatic carbocycles. The van der Waals surface area contributed by atoms with Gasteiger partial charge in [0.05, 0.1) is 0 Å². The van der Waals surface area contributed by atoms with Crippen LogP contribution in [0.2, 0.25) is 0 Å². The van der Waals surface area contributed by atoms with Crippen molar-refractivity contribution in [1.82, 2.24) is 0 Å². The summed E-state index contributed by atoms with van der Waals surface area (Å²) in [4.78, 5) is 10.9. The molecule has 28 heavy (non-hydrogen) atoms. The maximum absolute atomic E-state index is 11.4. The fraction of sp³-hybridized carbons (Fsp3) is 0.957. The van der Waals surface area contributed by atoms with Gasteiger partial charge in [-0.15, -0.1) is 0 Å². The van der Waals surface area contributed by atoms with Crippen LogP contribution in [0.3, 0.4) is 0 Å². The van der Waals surface area contributed by atoms with E-state index in [9.17, 15) is 15.0 Å². The van der Waals surface area contributed by atoms with E-state index in [1.54, 1.807) is 0 Å². The molecule has 5 nitrogen and oxygen atoms in total. The molecule has 0 radical (unpaired) electrons. The lowest BCUT2D eigenvalue weighted by Crippen LogP contribution is -2.71. The quantitative estimate of drug-likeness (QED) is 0.546. The second kappa shape index (κ2) is 6.68. The summed E-state index contributed by atoms with van der Waals surface area (Å²) in [7, 11) is 0. The van der Waals surface area contributed by atoms with Crippen molar-refractivity contribution in [3.8, 4) is 0 Å². The van der Waals surface area contributed by atoms with Crippen molar-refractivity contribution in [2.45, 2.75) is 102 Å². The number of fused-ring (bicyclic) bond motifs is 5. The largest absolute Gasteiger partial charge is 0.481 e. The normalized spacial score (nSPS) is 49.8. The molecule has 5 heteroatoms. The molecule has 7 unspecified atom stereocenters. The first-order valence-corrected chi connectivity index (χ1v) is 11.5. The van der Waals surface area contributed by atoms with Gasteiger partial charge in [0.2, 0.25) is 0 Å². The highest BCUT2D eigenvalue weighted by molar-refractivity contribution is 5.66. The smallest absolute Gasteiger partial charge is 0.303 e. The Morgan fingerprint density at radius 3 is 2.50 bits per heavy atom. The summed E-state index contributed by atoms with van der Waals surface area (Å²) < 4.78 is 0. The monoisotopic (exact) mass is 393 g/mol. The van der Waals surface area contributed by atoms with Gasteiger partial charge >= 0.3 is 5.97 Å². The maximum Gasteiger partial charge on any atom is 0.303 e. The third-order valence-electron chi connectivity index (χ3n) is 9.95. The number of hydrogen-bond donors (Lipinski definition) is 4. The van der Waals surface area contributed by atoms with Gasteiger partial charge in [-0.05, 0) is 80.0 Å². The van der Waals surface area contributed by atoms with Crippen molar-refractivity contribution >= 4 is 5.97 Å². The van der Waals surface area contributed by atoms with Crippen LogP contribution in [0.4, 0.5) is 0 Å². The van der Waals surface area contributed by atoms with E-state index in [1.807, 2.05) is 0 Å². The molecule has 4 rings (SSSR count). The molecule has 0 amide bonds. The van der Waals surface area contributed by atoms with Gasteiger partial charge in [-0.25, -0.2) is 0 Å². The zero-order chi connectivity index (χ0) is 20.4. The number of hydrogen-bond acceptors (Lipinski definition) is 4. The zero-order valence-corrected chi connectivity index (χ0v) is 17.6. The van der Waals surface area contributed by atoms with Crippen molar-refractivity contribution < 1.29 is 20.1 Å². The molecular weight excluding hydrogens is 354 g/mol. The first-order chi connectivity index (χ1) is 13.0. The standard InChI is InChI=1S/C23H39NO4/c1-20-14-23(27,28)19-16(10-13-22(24)12-4-3-11-21(19,22)2)17(20)9-8-15(20)6-5-7-18(25)26/h15-17,19,27-28H,3-14,24H2,1-2H3,(H,25,26). The molecular formula is C23H39NO4. The Bertz CT molecular complexity index is 636. The molecule has 0 aromatic rings. The summed E-state index contributed by atoms with van der Waals surface area (Å²) in [6.45, 7) is 4.49. The average Bonchev–Trinajstić information content (AvgIpc) is 2.89. The second-order valence-corrected chi connectivity index (χ2v) is 11.2. The van der Waals surface area contributed by atoms with E-state index in [0.717, 1.165) is 57.8 Å². The molecule has 0 aliphatic heterocycles. The Morgan fingerprint density at radius 2 is 1.79 bits per heavy atom. The van der Waals surface area contributed by atoms with E-state index in [4.69, 9.17) is 10.8 Å². The fourth-order valence-corrected chi connectivity index (χ4v) is 8.66. The molecule has 7 atom stereocenters. The average molecular weight is 394 g/mol. The van der Waals surface area contributed by atoms with E-state index < -0.39 is 11.8 Å². The second-order valence-electron chi connectivity index (χ2n) is 11.2. The van der Waals surface area contributed by atoms with E-state index in [0.29, 0.717) is 30.6 Å². The number of carbonyl (C=O) groups is 1. The van der Waals surface area contributed by atoms with Crippen LogP contribution in [-0.4, -0.2) is 32.6 Å². The molecule has 0 aromatic heterocycles. The van der Waals surface area contributed by atoms with Crippen molar-refractivity contribution in [2.75, 3.05) is 0 Å². The highest BCUT2D eigenvalue weighted by Crippen LogP contribution is 2.70. The molecule has 4 aliphatic rings. The highest BCUT2D eigenvalue weighted by atomic mass is 16.5. The van der Waals surface area contributed by atoms with Gasteiger partial charge in [0.1, 0.15) is 0 Å². The fourth-order valence-electron chi connectivity index (χ4n) is 8.66. The number of aliphatic carboxylic acids is 1. The Hall–Kier alpha value is -0.650. The topological polar surface area (TPSA) is 104 Å². The minimum absolute atomic E-state index is 0.108. The Kier molecular flexibility index (Phi) is 4.92. The molecule has 5 N–H and O–H groups in total. The molecule has 4 saturated carbocycles. The van der Waals surface area contributed by atoms with Crippen LogP contribution in [0.25, 0.3) is 0 Å². The van der Waals surface area contributed by atoms with Crippen LogP contribution in [-0.2, 0) is 4.79 Å². The predicted molar refractivity (Wildman–Crippen MR) is 107 cm³/mol. The lowest BCUT2D eigenvalue weighted by molar-refractivity contribution is -0.314. The van der Waals surface area contributed by atoms with Gasteiger partial charge in [0.15, 0.2) is 5.79 Å². The maximum atomic E-state index is 11.4. The van der Waals surface area contributed by atoms with Crippen LogP contribution >= 0.6 is 0 Å². The minimum Gasteiger partial charge on any atom is -0.481 e. The van der Waals surface area contributed by atoms with Crippen LogP contribution in [0, 0.1) is 34.5 Å². The Morgan fingerprint density at radius 1 is 1.07 bits per heavy atom. The van der Waals surface area contributed by atoms with Crippen molar-refractivity contribution in [2.24, 2.45) is 40.2 Å². The van der Waals surface area contributed by atoms with Crippen molar-refractivity contribution in [3.63, 3.8) is 0 Å². The zero-order valence-electron chi connectivity index (χ0n) is 17.6. The van der Waals surface area contributed by atoms with E-state index >= 15 is 0 Å². The summed E-state index contributed by atoms with van der Waals surface area (Å²) in [6, 6.07) is 0. The Balaban J connectivity index is 1.62. The van der Waals surface area contributed by atoms with Crippen LogP contribution in [0.15, 0.2) is 0 Å². The summed E-state index contributed by atoms with van der Waals surface area (Å²) >= 11 is 0. The molecule has 0 bridgehead atoms. The highest BCUT2D eigenvalue weighted by Gasteiger charge is 2.69. The molecule has 4 fully saturated rings. The summed E-state index contributed by atoms with van der Waals surface area (Å²) in [6.07, 6.45) is 10.7. The van der Waals surface area contributed by atoms with Crippen LogP contribution < -0.4 is 5.73 Å². The number of carboxylic acid groups (broad SMARTS) is 1.